The van der Waals surface area contributed by atoms with Gasteiger partial charge in [-0.1, -0.05) is 18.6 Å². The molecule has 0 aromatic carbocycles. The lowest BCUT2D eigenvalue weighted by Gasteiger charge is -2.48. The number of ether oxygens (including phenoxy) is 3. The maximum atomic E-state index is 12.3. The van der Waals surface area contributed by atoms with Gasteiger partial charge in [0.1, 0.15) is 17.8 Å². The zero-order valence-electron chi connectivity index (χ0n) is 18.2. The third kappa shape index (κ3) is 5.49. The normalized spacial score (nSPS) is 36.5. The van der Waals surface area contributed by atoms with Gasteiger partial charge in [-0.15, -0.1) is 23.2 Å². The van der Waals surface area contributed by atoms with Crippen LogP contribution in [-0.2, 0) is 19.0 Å². The molecule has 1 saturated carbocycles. The average molecular weight is 466 g/mol. The molecule has 2 aliphatic rings. The van der Waals surface area contributed by atoms with Crippen LogP contribution in [0.2, 0.25) is 0 Å². The summed E-state index contributed by atoms with van der Waals surface area (Å²) >= 11 is 11.8. The number of alkyl carbamates (subject to hydrolysis) is 1. The highest BCUT2D eigenvalue weighted by atomic mass is 35.5. The fourth-order valence-corrected chi connectivity index (χ4v) is 4.73. The Morgan fingerprint density at radius 3 is 2.57 bits per heavy atom. The van der Waals surface area contributed by atoms with Crippen molar-refractivity contribution in [2.75, 3.05) is 18.9 Å². The van der Waals surface area contributed by atoms with Crippen LogP contribution in [0.4, 0.5) is 4.79 Å². The summed E-state index contributed by atoms with van der Waals surface area (Å²) in [5, 5.41) is 13.5. The van der Waals surface area contributed by atoms with E-state index in [4.69, 9.17) is 37.4 Å². The second-order valence-corrected chi connectivity index (χ2v) is 9.33. The van der Waals surface area contributed by atoms with Gasteiger partial charge in [-0.2, -0.15) is 0 Å². The van der Waals surface area contributed by atoms with Gasteiger partial charge in [0.05, 0.1) is 23.5 Å². The van der Waals surface area contributed by atoms with Crippen molar-refractivity contribution in [3.05, 3.63) is 11.6 Å². The first-order valence-electron chi connectivity index (χ1n) is 10.2. The lowest BCUT2D eigenvalue weighted by Crippen LogP contribution is -2.61. The Kier molecular flexibility index (Phi) is 8.61. The number of amides is 2. The van der Waals surface area contributed by atoms with E-state index in [0.717, 1.165) is 0 Å². The van der Waals surface area contributed by atoms with Crippen LogP contribution in [0, 0.1) is 11.8 Å². The number of rotatable bonds is 8. The third-order valence-corrected chi connectivity index (χ3v) is 7.06. The number of carbonyl (C=O) groups excluding carboxylic acids is 2. The molecule has 172 valence electrons. The first-order chi connectivity index (χ1) is 14.0. The van der Waals surface area contributed by atoms with Crippen LogP contribution in [0.15, 0.2) is 11.6 Å². The molecule has 1 heterocycles. The number of imide groups is 1. The van der Waals surface area contributed by atoms with E-state index in [1.807, 2.05) is 20.8 Å². The van der Waals surface area contributed by atoms with Crippen molar-refractivity contribution in [1.82, 2.24) is 5.32 Å². The Hall–Kier alpha value is -0.860. The molecule has 0 spiro atoms. The summed E-state index contributed by atoms with van der Waals surface area (Å²) in [6.07, 6.45) is 1.21. The minimum Gasteiger partial charge on any atom is -0.443 e. The lowest BCUT2D eigenvalue weighted by molar-refractivity contribution is -0.170. The predicted octanol–water partition coefficient (Wildman–Crippen LogP) is 3.39. The van der Waals surface area contributed by atoms with E-state index in [1.165, 1.54) is 12.7 Å². The van der Waals surface area contributed by atoms with Crippen molar-refractivity contribution >= 4 is 35.2 Å². The molecule has 7 nitrogen and oxygen atoms in total. The predicted molar refractivity (Wildman–Crippen MR) is 115 cm³/mol. The van der Waals surface area contributed by atoms with Crippen molar-refractivity contribution in [1.29, 1.82) is 0 Å². The maximum Gasteiger partial charge on any atom is 0.414 e. The minimum atomic E-state index is -1.23. The second kappa shape index (κ2) is 10.2. The lowest BCUT2D eigenvalue weighted by atomic mass is 9.66. The highest BCUT2D eigenvalue weighted by Gasteiger charge is 2.67. The van der Waals surface area contributed by atoms with Crippen molar-refractivity contribution < 1.29 is 28.9 Å². The van der Waals surface area contributed by atoms with Gasteiger partial charge in [0.15, 0.2) is 0 Å². The van der Waals surface area contributed by atoms with E-state index in [1.54, 1.807) is 6.92 Å². The molecule has 30 heavy (non-hydrogen) atoms. The largest absolute Gasteiger partial charge is 0.443 e. The molecule has 2 fully saturated rings. The highest BCUT2D eigenvalue weighted by molar-refractivity contribution is 6.19. The van der Waals surface area contributed by atoms with Crippen molar-refractivity contribution in [2.45, 2.75) is 76.5 Å². The van der Waals surface area contributed by atoms with E-state index < -0.39 is 47.2 Å². The number of hydrogen-bond donors (Lipinski definition) is 2. The standard InChI is InChI=1S/C21H33Cl2NO6/c1-12(2)6-7-15-20(4,30-15)17-16(28-5)14(8-9-21(17,27)11-23)29-19(26)24-18(25)13(3)10-22/h6,13-17,27H,7-11H2,1-5H3,(H,24,25,26). The minimum absolute atomic E-state index is 0.0104. The number of aliphatic hydroxyl groups is 1. The summed E-state index contributed by atoms with van der Waals surface area (Å²) in [7, 11) is 1.50. The molecule has 2 rings (SSSR count). The van der Waals surface area contributed by atoms with Gasteiger partial charge in [-0.25, -0.2) is 4.79 Å². The smallest absolute Gasteiger partial charge is 0.414 e. The van der Waals surface area contributed by atoms with Crippen molar-refractivity contribution in [2.24, 2.45) is 11.8 Å². The number of carbonyl (C=O) groups is 2. The van der Waals surface area contributed by atoms with E-state index in [9.17, 15) is 14.7 Å². The monoisotopic (exact) mass is 465 g/mol. The second-order valence-electron chi connectivity index (χ2n) is 8.75. The number of allylic oxidation sites excluding steroid dienone is 1. The summed E-state index contributed by atoms with van der Waals surface area (Å²) in [6.45, 7) is 7.58. The first kappa shape index (κ1) is 25.4. The van der Waals surface area contributed by atoms with Gasteiger partial charge in [0, 0.05) is 18.9 Å². The number of alkyl halides is 2. The fraction of sp³-hybridized carbons (Fsp3) is 0.810. The SMILES string of the molecule is COC1C(OC(=O)NC(=O)C(C)CCl)CCC(O)(CCl)C1C1(C)OC1CC=C(C)C. The molecule has 7 unspecified atom stereocenters. The summed E-state index contributed by atoms with van der Waals surface area (Å²) in [5.74, 6) is -1.43. The molecule has 0 aromatic rings. The molecule has 1 aliphatic carbocycles. The van der Waals surface area contributed by atoms with Crippen molar-refractivity contribution in [3.63, 3.8) is 0 Å². The quantitative estimate of drug-likeness (QED) is 0.323. The van der Waals surface area contributed by atoms with Crippen LogP contribution in [0.1, 0.15) is 47.0 Å². The number of hydrogen-bond acceptors (Lipinski definition) is 6. The molecule has 0 bridgehead atoms. The van der Waals surface area contributed by atoms with Gasteiger partial charge >= 0.3 is 6.09 Å². The van der Waals surface area contributed by atoms with E-state index in [0.29, 0.717) is 19.3 Å². The van der Waals surface area contributed by atoms with E-state index in [2.05, 4.69) is 11.4 Å². The first-order valence-corrected chi connectivity index (χ1v) is 11.3. The van der Waals surface area contributed by atoms with Crippen LogP contribution >= 0.6 is 23.2 Å². The third-order valence-electron chi connectivity index (χ3n) is 6.14. The molecule has 2 N–H and O–H groups in total. The number of halogens is 2. The zero-order valence-corrected chi connectivity index (χ0v) is 19.8. The molecule has 7 atom stereocenters. The van der Waals surface area contributed by atoms with Gasteiger partial charge < -0.3 is 19.3 Å². The van der Waals surface area contributed by atoms with Gasteiger partial charge in [-0.05, 0) is 40.0 Å². The molecule has 2 amide bonds. The van der Waals surface area contributed by atoms with Crippen molar-refractivity contribution in [3.8, 4) is 0 Å². The molecule has 0 radical (unpaired) electrons. The van der Waals surface area contributed by atoms with Crippen LogP contribution in [0.3, 0.4) is 0 Å². The average Bonchev–Trinajstić information content (AvgIpc) is 3.37. The van der Waals surface area contributed by atoms with E-state index >= 15 is 0 Å². The van der Waals surface area contributed by atoms with Gasteiger partial charge in [0.2, 0.25) is 5.91 Å². The number of methoxy groups -OCH3 is 1. The summed E-state index contributed by atoms with van der Waals surface area (Å²) in [6, 6.07) is 0. The number of nitrogens with one attached hydrogen (secondary N) is 1. The highest BCUT2D eigenvalue weighted by Crippen LogP contribution is 2.54. The zero-order chi connectivity index (χ0) is 22.7. The molecule has 1 saturated heterocycles. The Morgan fingerprint density at radius 1 is 1.37 bits per heavy atom. The molecule has 9 heteroatoms. The molecular weight excluding hydrogens is 433 g/mol. The fourth-order valence-electron chi connectivity index (χ4n) is 4.29. The topological polar surface area (TPSA) is 97.4 Å². The van der Waals surface area contributed by atoms with Crippen LogP contribution < -0.4 is 5.32 Å². The van der Waals surface area contributed by atoms with Crippen LogP contribution in [-0.4, -0.2) is 65.5 Å². The van der Waals surface area contributed by atoms with Gasteiger partial charge in [-0.3, -0.25) is 10.1 Å². The van der Waals surface area contributed by atoms with E-state index in [-0.39, 0.29) is 17.9 Å². The summed E-state index contributed by atoms with van der Waals surface area (Å²) < 4.78 is 17.2. The molecule has 1 aliphatic heterocycles. The maximum absolute atomic E-state index is 12.3. The number of epoxide rings is 1. The Bertz CT molecular complexity index is 670. The Labute approximate surface area is 188 Å². The summed E-state index contributed by atoms with van der Waals surface area (Å²) in [4.78, 5) is 24.2. The summed E-state index contributed by atoms with van der Waals surface area (Å²) in [5.41, 5.74) is -0.714. The molecular formula is C21H33Cl2NO6. The van der Waals surface area contributed by atoms with Crippen LogP contribution in [0.25, 0.3) is 0 Å². The Morgan fingerprint density at radius 2 is 2.03 bits per heavy atom. The van der Waals surface area contributed by atoms with Gasteiger partial charge in [0.25, 0.3) is 0 Å². The Balaban J connectivity index is 2.17. The molecule has 0 aromatic heterocycles. The van der Waals surface area contributed by atoms with Crippen LogP contribution in [0.5, 0.6) is 0 Å².